The summed E-state index contributed by atoms with van der Waals surface area (Å²) in [5, 5.41) is 26.8. The third kappa shape index (κ3) is 8.56. The summed E-state index contributed by atoms with van der Waals surface area (Å²) in [5.74, 6) is -0.117. The van der Waals surface area contributed by atoms with Crippen molar-refractivity contribution in [2.45, 2.75) is 89.9 Å². The number of aliphatic hydroxyl groups is 2. The molecule has 14 nitrogen and oxygen atoms in total. The van der Waals surface area contributed by atoms with E-state index < -0.39 is 11.8 Å². The van der Waals surface area contributed by atoms with Crippen LogP contribution in [0.25, 0.3) is 12.2 Å². The van der Waals surface area contributed by atoms with Gasteiger partial charge in [-0.2, -0.15) is 0 Å². The maximum absolute atomic E-state index is 13.5. The lowest BCUT2D eigenvalue weighted by atomic mass is 9.86. The maximum atomic E-state index is 13.5. The van der Waals surface area contributed by atoms with Gasteiger partial charge in [0.1, 0.15) is 0 Å². The van der Waals surface area contributed by atoms with Gasteiger partial charge >= 0.3 is 0 Å². The number of hydrogen-bond donors (Lipinski definition) is 4. The Hall–Kier alpha value is -5.54. The Bertz CT molecular complexity index is 2330. The van der Waals surface area contributed by atoms with Crippen LogP contribution in [0.1, 0.15) is 85.5 Å². The topological polar surface area (TPSA) is 175 Å². The highest BCUT2D eigenvalue weighted by Crippen LogP contribution is 2.51. The molecule has 336 valence electrons. The fourth-order valence-electron chi connectivity index (χ4n) is 11.0. The lowest BCUT2D eigenvalue weighted by molar-refractivity contribution is -0.128. The van der Waals surface area contributed by atoms with E-state index in [2.05, 4.69) is 30.4 Å². The molecule has 2 amide bonds. The predicted molar refractivity (Wildman–Crippen MR) is 243 cm³/mol. The molecule has 4 bridgehead atoms. The molecule has 2 aliphatic carbocycles. The molecular formula is C50H60N8O6. The number of nitrogens with one attached hydrogen (secondary N) is 2. The van der Waals surface area contributed by atoms with Crippen LogP contribution in [0, 0.1) is 35.5 Å². The summed E-state index contributed by atoms with van der Waals surface area (Å²) in [7, 11) is 0. The van der Waals surface area contributed by atoms with Gasteiger partial charge in [0.15, 0.2) is 0 Å². The number of amides is 2. The van der Waals surface area contributed by atoms with E-state index in [4.69, 9.17) is 0 Å². The maximum Gasteiger partial charge on any atom is 0.258 e. The van der Waals surface area contributed by atoms with Crippen LogP contribution in [-0.2, 0) is 35.8 Å². The van der Waals surface area contributed by atoms with Crippen molar-refractivity contribution in [1.29, 1.82) is 0 Å². The highest BCUT2D eigenvalue weighted by Gasteiger charge is 2.57. The second kappa shape index (κ2) is 18.9. The number of carbonyl (C=O) groups excluding carboxylic acids is 2. The lowest BCUT2D eigenvalue weighted by Gasteiger charge is -2.38. The molecule has 0 radical (unpaired) electrons. The van der Waals surface area contributed by atoms with Crippen molar-refractivity contribution in [2.75, 3.05) is 26.3 Å². The van der Waals surface area contributed by atoms with Crippen LogP contribution >= 0.6 is 0 Å². The lowest BCUT2D eigenvalue weighted by Crippen LogP contribution is -2.47. The van der Waals surface area contributed by atoms with Crippen molar-refractivity contribution in [1.82, 2.24) is 39.5 Å². The Balaban J connectivity index is 0.000000162. The second-order valence-corrected chi connectivity index (χ2v) is 18.4. The first-order valence-corrected chi connectivity index (χ1v) is 23.1. The number of aromatic nitrogens is 4. The van der Waals surface area contributed by atoms with Crippen LogP contribution in [0.15, 0.2) is 94.8 Å². The molecule has 4 aliphatic heterocycles. The van der Waals surface area contributed by atoms with Crippen molar-refractivity contribution in [3.8, 4) is 0 Å². The van der Waals surface area contributed by atoms with Gasteiger partial charge in [-0.05, 0) is 99.9 Å². The Morgan fingerprint density at radius 3 is 1.41 bits per heavy atom. The van der Waals surface area contributed by atoms with Crippen molar-refractivity contribution in [2.24, 2.45) is 35.5 Å². The zero-order chi connectivity index (χ0) is 44.5. The Kier molecular flexibility index (Phi) is 12.9. The van der Waals surface area contributed by atoms with Crippen molar-refractivity contribution >= 4 is 24.0 Å². The monoisotopic (exact) mass is 868 g/mol. The number of hydrogen-bond acceptors (Lipinski definition) is 10. The normalized spacial score (nSPS) is 26.9. The number of carbonyl (C=O) groups is 2. The van der Waals surface area contributed by atoms with Crippen molar-refractivity contribution in [3.05, 3.63) is 140 Å². The molecule has 14 heteroatoms. The van der Waals surface area contributed by atoms with Crippen LogP contribution in [-0.4, -0.2) is 89.3 Å². The van der Waals surface area contributed by atoms with E-state index >= 15 is 0 Å². The number of nitrogens with zero attached hydrogens (tertiary/aromatic N) is 6. The van der Waals surface area contributed by atoms with Crippen molar-refractivity contribution in [3.63, 3.8) is 0 Å². The summed E-state index contributed by atoms with van der Waals surface area (Å²) in [6.07, 6.45) is 15.7. The van der Waals surface area contributed by atoms with Crippen LogP contribution in [0.3, 0.4) is 0 Å². The van der Waals surface area contributed by atoms with E-state index in [0.717, 1.165) is 35.9 Å². The van der Waals surface area contributed by atoms with Gasteiger partial charge in [0.2, 0.25) is 11.8 Å². The largest absolute Gasteiger partial charge is 0.396 e. The number of rotatable bonds is 14. The standard InChI is InChI=1S/2C25H30N4O3/c2*1-2-5-17-9-10-20-23-22(24(31)27-12-18-6-3-4-11-26-18)19(15-30)21(14-29(20)25(17)32)28(23)13-16-7-8-16/h2*2-6,9-11,16,19,21-23,30H,7-8,12-15H2,1H3,(H,27,31)/b5-2+;5-2-/t2*19-,21-,22+,23+/m00/s1. The molecule has 2 saturated heterocycles. The average molecular weight is 869 g/mol. The summed E-state index contributed by atoms with van der Waals surface area (Å²) in [4.78, 5) is 66.6. The highest BCUT2D eigenvalue weighted by atomic mass is 16.3. The van der Waals surface area contributed by atoms with E-state index in [1.807, 2.05) is 108 Å². The van der Waals surface area contributed by atoms with Gasteiger partial charge in [-0.15, -0.1) is 0 Å². The molecule has 4 N–H and O–H groups in total. The zero-order valence-corrected chi connectivity index (χ0v) is 36.7. The van der Waals surface area contributed by atoms with E-state index in [1.165, 1.54) is 25.7 Å². The zero-order valence-electron chi connectivity index (χ0n) is 36.7. The van der Waals surface area contributed by atoms with Crippen LogP contribution in [0.2, 0.25) is 0 Å². The molecule has 4 fully saturated rings. The van der Waals surface area contributed by atoms with Crippen LogP contribution in [0.5, 0.6) is 0 Å². The SMILES string of the molecule is C/C=C/c1ccc2n(c1=O)C[C@H]1[C@H](CO)[C@@H](C(=O)NCc3ccccn3)[C@@H]2N1CC1CC1.C/C=C\c1ccc2n(c1=O)C[C@H]1[C@H](CO)[C@@H](C(=O)NCc3ccccn3)[C@@H]2N1CC1CC1. The third-order valence-electron chi connectivity index (χ3n) is 14.4. The summed E-state index contributed by atoms with van der Waals surface area (Å²) < 4.78 is 3.67. The molecule has 0 spiro atoms. The number of pyridine rings is 4. The molecule has 0 aromatic carbocycles. The van der Waals surface area contributed by atoms with E-state index in [0.29, 0.717) is 49.1 Å². The minimum absolute atomic E-state index is 0.0205. The van der Waals surface area contributed by atoms with Crippen molar-refractivity contribution < 1.29 is 19.8 Å². The van der Waals surface area contributed by atoms with Gasteiger partial charge in [0.05, 0.1) is 48.4 Å². The number of aliphatic hydroxyl groups excluding tert-OH is 2. The smallest absolute Gasteiger partial charge is 0.258 e. The molecule has 0 unspecified atom stereocenters. The van der Waals surface area contributed by atoms with Gasteiger partial charge in [-0.25, -0.2) is 0 Å². The first-order valence-electron chi connectivity index (χ1n) is 23.1. The molecule has 6 aliphatic rings. The van der Waals surface area contributed by atoms with Gasteiger partial charge in [0.25, 0.3) is 11.1 Å². The Morgan fingerprint density at radius 1 is 0.641 bits per heavy atom. The minimum atomic E-state index is -0.409. The van der Waals surface area contributed by atoms with E-state index in [1.54, 1.807) is 12.4 Å². The highest BCUT2D eigenvalue weighted by molar-refractivity contribution is 5.81. The fraction of sp³-hybridized carbons (Fsp3) is 0.480. The average Bonchev–Trinajstić information content (AvgIpc) is 4.26. The Morgan fingerprint density at radius 2 is 1.06 bits per heavy atom. The molecule has 4 aromatic heterocycles. The summed E-state index contributed by atoms with van der Waals surface area (Å²) in [6.45, 7) is 7.20. The van der Waals surface area contributed by atoms with Gasteiger partial charge in [-0.3, -0.25) is 38.9 Å². The van der Waals surface area contributed by atoms with Crippen LogP contribution < -0.4 is 21.8 Å². The second-order valence-electron chi connectivity index (χ2n) is 18.4. The molecule has 64 heavy (non-hydrogen) atoms. The molecular weight excluding hydrogens is 809 g/mol. The number of fused-ring (bicyclic) bond motifs is 8. The molecule has 4 aromatic rings. The van der Waals surface area contributed by atoms with Gasteiger partial charge in [-0.1, -0.05) is 36.4 Å². The molecule has 10 rings (SSSR count). The first-order chi connectivity index (χ1) is 31.2. The predicted octanol–water partition coefficient (Wildman–Crippen LogP) is 3.93. The Labute approximate surface area is 373 Å². The molecule has 8 atom stereocenters. The van der Waals surface area contributed by atoms with E-state index in [9.17, 15) is 29.4 Å². The van der Waals surface area contributed by atoms with E-state index in [-0.39, 0.29) is 72.1 Å². The van der Waals surface area contributed by atoms with Gasteiger partial charge in [0, 0.05) is 98.2 Å². The van der Waals surface area contributed by atoms with Crippen LogP contribution in [0.4, 0.5) is 0 Å². The third-order valence-corrected chi connectivity index (χ3v) is 14.4. The summed E-state index contributed by atoms with van der Waals surface area (Å²) in [6, 6.07) is 18.5. The minimum Gasteiger partial charge on any atom is -0.396 e. The quantitative estimate of drug-likeness (QED) is 0.146. The first kappa shape index (κ1) is 43.7. The van der Waals surface area contributed by atoms with Gasteiger partial charge < -0.3 is 30.0 Å². The molecule has 8 heterocycles. The fourth-order valence-corrected chi connectivity index (χ4v) is 11.0. The molecule has 2 saturated carbocycles. The summed E-state index contributed by atoms with van der Waals surface area (Å²) >= 11 is 0. The summed E-state index contributed by atoms with van der Waals surface area (Å²) in [5.41, 5.74) is 4.63. The number of allylic oxidation sites excluding steroid dienone is 2.